The third kappa shape index (κ3) is 4.77. The van der Waals surface area contributed by atoms with Crippen molar-refractivity contribution >= 4 is 46.1 Å². The molecular formula is C20H20N4O3S. The number of dihydropyridines is 1. The predicted octanol–water partition coefficient (Wildman–Crippen LogP) is 3.17. The van der Waals surface area contributed by atoms with Crippen LogP contribution >= 0.6 is 11.3 Å². The molecule has 2 heterocycles. The van der Waals surface area contributed by atoms with E-state index in [1.54, 1.807) is 11.5 Å². The summed E-state index contributed by atoms with van der Waals surface area (Å²) in [5.74, 6) is -1.85. The van der Waals surface area contributed by atoms with E-state index >= 15 is 0 Å². The van der Waals surface area contributed by atoms with Crippen LogP contribution in [-0.2, 0) is 20.8 Å². The first-order valence-electron chi connectivity index (χ1n) is 8.83. The smallest absolute Gasteiger partial charge is 0.262 e. The van der Waals surface area contributed by atoms with Crippen LogP contribution in [0.25, 0.3) is 0 Å². The minimum atomic E-state index is -0.951. The summed E-state index contributed by atoms with van der Waals surface area (Å²) < 4.78 is 0. The third-order valence-electron chi connectivity index (χ3n) is 4.12. The lowest BCUT2D eigenvalue weighted by molar-refractivity contribution is -0.128. The lowest BCUT2D eigenvalue weighted by Crippen LogP contribution is -2.28. The molecule has 0 saturated heterocycles. The molecule has 2 aromatic rings. The molecule has 7 nitrogen and oxygen atoms in total. The lowest BCUT2D eigenvalue weighted by atomic mass is 10.0. The van der Waals surface area contributed by atoms with Gasteiger partial charge in [0.05, 0.1) is 12.1 Å². The maximum Gasteiger partial charge on any atom is 0.262 e. The SMILES string of the molecule is CC(C)c1ccccc1NC(=O)Cc1csc(NC(=O)C2C=CC=NC2=O)n1. The first-order valence-corrected chi connectivity index (χ1v) is 9.70. The van der Waals surface area contributed by atoms with E-state index in [-0.39, 0.29) is 12.3 Å². The molecular weight excluding hydrogens is 376 g/mol. The molecule has 1 aromatic heterocycles. The first-order chi connectivity index (χ1) is 13.4. The van der Waals surface area contributed by atoms with Crippen molar-refractivity contribution in [1.29, 1.82) is 0 Å². The van der Waals surface area contributed by atoms with Crippen LogP contribution in [0.1, 0.15) is 31.0 Å². The average Bonchev–Trinajstić information content (AvgIpc) is 3.08. The highest BCUT2D eigenvalue weighted by atomic mass is 32.1. The number of hydrogen-bond donors (Lipinski definition) is 2. The van der Waals surface area contributed by atoms with Gasteiger partial charge >= 0.3 is 0 Å². The molecule has 144 valence electrons. The van der Waals surface area contributed by atoms with E-state index in [1.807, 2.05) is 24.3 Å². The van der Waals surface area contributed by atoms with E-state index in [0.717, 1.165) is 11.3 Å². The number of carbonyl (C=O) groups is 3. The van der Waals surface area contributed by atoms with Crippen molar-refractivity contribution < 1.29 is 14.4 Å². The van der Waals surface area contributed by atoms with Gasteiger partial charge in [-0.2, -0.15) is 0 Å². The van der Waals surface area contributed by atoms with Gasteiger partial charge in [0.1, 0.15) is 5.92 Å². The van der Waals surface area contributed by atoms with E-state index in [2.05, 4.69) is 34.5 Å². The van der Waals surface area contributed by atoms with Crippen LogP contribution in [-0.4, -0.2) is 28.9 Å². The van der Waals surface area contributed by atoms with Crippen LogP contribution in [0, 0.1) is 5.92 Å². The Bertz CT molecular complexity index is 962. The lowest BCUT2D eigenvalue weighted by Gasteiger charge is -2.13. The van der Waals surface area contributed by atoms with Crippen molar-refractivity contribution in [2.75, 3.05) is 10.6 Å². The number of amides is 3. The molecule has 0 fully saturated rings. The van der Waals surface area contributed by atoms with Crippen LogP contribution in [0.4, 0.5) is 10.8 Å². The number of thiazole rings is 1. The topological polar surface area (TPSA) is 101 Å². The van der Waals surface area contributed by atoms with Crippen LogP contribution in [0.5, 0.6) is 0 Å². The number of anilines is 2. The van der Waals surface area contributed by atoms with Gasteiger partial charge in [-0.05, 0) is 23.6 Å². The summed E-state index contributed by atoms with van der Waals surface area (Å²) in [6.07, 6.45) is 4.48. The Labute approximate surface area is 166 Å². The molecule has 0 saturated carbocycles. The van der Waals surface area contributed by atoms with E-state index in [0.29, 0.717) is 16.7 Å². The zero-order valence-corrected chi connectivity index (χ0v) is 16.3. The Morgan fingerprint density at radius 3 is 2.75 bits per heavy atom. The molecule has 0 spiro atoms. The average molecular weight is 396 g/mol. The maximum absolute atomic E-state index is 12.4. The Morgan fingerprint density at radius 1 is 1.21 bits per heavy atom. The van der Waals surface area contributed by atoms with Gasteiger partial charge in [0.15, 0.2) is 5.13 Å². The number of allylic oxidation sites excluding steroid dienone is 1. The minimum absolute atomic E-state index is 0.0886. The number of nitrogens with zero attached hydrogens (tertiary/aromatic N) is 2. The van der Waals surface area contributed by atoms with Gasteiger partial charge in [-0.3, -0.25) is 14.4 Å². The van der Waals surface area contributed by atoms with E-state index < -0.39 is 17.7 Å². The summed E-state index contributed by atoms with van der Waals surface area (Å²) in [6, 6.07) is 7.68. The quantitative estimate of drug-likeness (QED) is 0.733. The number of nitrogens with one attached hydrogen (secondary N) is 2. The molecule has 0 bridgehead atoms. The molecule has 8 heteroatoms. The zero-order valence-electron chi connectivity index (χ0n) is 15.5. The molecule has 0 aliphatic carbocycles. The molecule has 2 N–H and O–H groups in total. The molecule has 1 aromatic carbocycles. The highest BCUT2D eigenvalue weighted by molar-refractivity contribution is 7.14. The van der Waals surface area contributed by atoms with E-state index in [4.69, 9.17) is 0 Å². The number of hydrogen-bond acceptors (Lipinski definition) is 5. The summed E-state index contributed by atoms with van der Waals surface area (Å²) in [6.45, 7) is 4.13. The molecule has 1 atom stereocenters. The Morgan fingerprint density at radius 2 is 2.00 bits per heavy atom. The highest BCUT2D eigenvalue weighted by Crippen LogP contribution is 2.24. The van der Waals surface area contributed by atoms with Crippen LogP contribution in [0.15, 0.2) is 46.8 Å². The monoisotopic (exact) mass is 396 g/mol. The molecule has 3 rings (SSSR count). The second kappa shape index (κ2) is 8.71. The molecule has 1 aliphatic rings. The summed E-state index contributed by atoms with van der Waals surface area (Å²) in [4.78, 5) is 44.1. The van der Waals surface area contributed by atoms with Gasteiger partial charge in [0.2, 0.25) is 11.8 Å². The third-order valence-corrected chi connectivity index (χ3v) is 4.93. The summed E-state index contributed by atoms with van der Waals surface area (Å²) in [7, 11) is 0. The Hall–Kier alpha value is -3.13. The molecule has 3 amide bonds. The fourth-order valence-electron chi connectivity index (χ4n) is 2.74. The van der Waals surface area contributed by atoms with Gasteiger partial charge in [0, 0.05) is 17.3 Å². The summed E-state index contributed by atoms with van der Waals surface area (Å²) in [5.41, 5.74) is 2.40. The number of rotatable bonds is 6. The first kappa shape index (κ1) is 19.6. The molecule has 1 unspecified atom stereocenters. The van der Waals surface area contributed by atoms with Crippen molar-refractivity contribution in [3.05, 3.63) is 53.1 Å². The van der Waals surface area contributed by atoms with Crippen LogP contribution < -0.4 is 10.6 Å². The van der Waals surface area contributed by atoms with Gasteiger partial charge in [-0.1, -0.05) is 38.1 Å². The fourth-order valence-corrected chi connectivity index (χ4v) is 3.45. The maximum atomic E-state index is 12.4. The van der Waals surface area contributed by atoms with Crippen molar-refractivity contribution in [3.63, 3.8) is 0 Å². The number of aromatic nitrogens is 1. The van der Waals surface area contributed by atoms with Crippen molar-refractivity contribution in [2.45, 2.75) is 26.2 Å². The molecule has 28 heavy (non-hydrogen) atoms. The predicted molar refractivity (Wildman–Crippen MR) is 110 cm³/mol. The normalized spacial score (nSPS) is 15.7. The second-order valence-corrected chi connectivity index (χ2v) is 7.44. The Balaban J connectivity index is 1.59. The number of para-hydroxylation sites is 1. The molecule has 0 radical (unpaired) electrons. The van der Waals surface area contributed by atoms with E-state index in [9.17, 15) is 14.4 Å². The largest absolute Gasteiger partial charge is 0.325 e. The van der Waals surface area contributed by atoms with Crippen molar-refractivity contribution in [3.8, 4) is 0 Å². The summed E-state index contributed by atoms with van der Waals surface area (Å²) >= 11 is 1.20. The van der Waals surface area contributed by atoms with E-state index in [1.165, 1.54) is 23.6 Å². The standard InChI is InChI=1S/C20H20N4O3S/c1-12(2)14-6-3-4-8-16(14)23-17(25)10-13-11-28-20(22-13)24-19(27)15-7-5-9-21-18(15)26/h3-9,11-12,15H,10H2,1-2H3,(H,23,25)(H,22,24,27). The number of benzene rings is 1. The highest BCUT2D eigenvalue weighted by Gasteiger charge is 2.25. The zero-order chi connectivity index (χ0) is 20.1. The van der Waals surface area contributed by atoms with Gasteiger partial charge < -0.3 is 10.6 Å². The van der Waals surface area contributed by atoms with Crippen LogP contribution in [0.2, 0.25) is 0 Å². The van der Waals surface area contributed by atoms with Crippen LogP contribution in [0.3, 0.4) is 0 Å². The summed E-state index contributed by atoms with van der Waals surface area (Å²) in [5, 5.41) is 7.56. The minimum Gasteiger partial charge on any atom is -0.325 e. The van der Waals surface area contributed by atoms with Gasteiger partial charge in [-0.25, -0.2) is 9.98 Å². The number of carbonyl (C=O) groups excluding carboxylic acids is 3. The number of aliphatic imine (C=N–C) groups is 1. The molecule has 1 aliphatic heterocycles. The Kier molecular flexibility index (Phi) is 6.10. The van der Waals surface area contributed by atoms with Gasteiger partial charge in [0.25, 0.3) is 5.91 Å². The second-order valence-electron chi connectivity index (χ2n) is 6.58. The van der Waals surface area contributed by atoms with Gasteiger partial charge in [-0.15, -0.1) is 11.3 Å². The fraction of sp³-hybridized carbons (Fsp3) is 0.250. The van der Waals surface area contributed by atoms with Crippen molar-refractivity contribution in [2.24, 2.45) is 10.9 Å². The van der Waals surface area contributed by atoms with Crippen molar-refractivity contribution in [1.82, 2.24) is 4.98 Å².